The van der Waals surface area contributed by atoms with Crippen LogP contribution in [0.15, 0.2) is 24.3 Å². The Morgan fingerprint density at radius 2 is 2.00 bits per heavy atom. The van der Waals surface area contributed by atoms with Crippen LogP contribution in [0.2, 0.25) is 0 Å². The first kappa shape index (κ1) is 13.8. The van der Waals surface area contributed by atoms with Gasteiger partial charge in [0.05, 0.1) is 5.54 Å². The van der Waals surface area contributed by atoms with E-state index >= 15 is 0 Å². The molecule has 0 radical (unpaired) electrons. The lowest BCUT2D eigenvalue weighted by molar-refractivity contribution is 0.290. The predicted octanol–water partition coefficient (Wildman–Crippen LogP) is 3.27. The van der Waals surface area contributed by atoms with Gasteiger partial charge in [-0.15, -0.1) is 0 Å². The van der Waals surface area contributed by atoms with Crippen LogP contribution in [-0.4, -0.2) is 23.6 Å². The predicted molar refractivity (Wildman–Crippen MR) is 82.3 cm³/mol. The molecule has 0 spiro atoms. The maximum absolute atomic E-state index is 6.08. The summed E-state index contributed by atoms with van der Waals surface area (Å²) in [5, 5.41) is 3.72. The number of nitrogens with two attached hydrogens (primary N) is 1. The van der Waals surface area contributed by atoms with E-state index in [0.717, 1.165) is 12.2 Å². The maximum atomic E-state index is 6.08. The Balaban J connectivity index is 2.21. The molecule has 1 heterocycles. The van der Waals surface area contributed by atoms with Crippen molar-refractivity contribution in [2.75, 3.05) is 23.4 Å². The zero-order valence-electron chi connectivity index (χ0n) is 11.6. The fraction of sp³-hybridized carbons (Fsp3) is 0.600. The number of hydrogen-bond acceptors (Lipinski definition) is 3. The molecule has 0 aromatic heterocycles. The van der Waals surface area contributed by atoms with Gasteiger partial charge in [-0.25, -0.2) is 0 Å². The van der Waals surface area contributed by atoms with Gasteiger partial charge < -0.3 is 11.1 Å². The molecular formula is C15H24N2S. The second-order valence-corrected chi connectivity index (χ2v) is 7.24. The number of anilines is 1. The van der Waals surface area contributed by atoms with Crippen molar-refractivity contribution in [1.29, 1.82) is 0 Å². The number of rotatable bonds is 3. The first-order chi connectivity index (χ1) is 8.46. The molecule has 1 saturated heterocycles. The second kappa shape index (κ2) is 5.14. The maximum Gasteiger partial charge on any atom is 0.0591 e. The third kappa shape index (κ3) is 3.01. The summed E-state index contributed by atoms with van der Waals surface area (Å²) in [5.74, 6) is 2.32. The molecule has 18 heavy (non-hydrogen) atoms. The molecule has 0 bridgehead atoms. The first-order valence-electron chi connectivity index (χ1n) is 6.58. The fourth-order valence-corrected chi connectivity index (χ4v) is 4.24. The summed E-state index contributed by atoms with van der Waals surface area (Å²) in [4.78, 5) is 0. The second-order valence-electron chi connectivity index (χ2n) is 6.26. The summed E-state index contributed by atoms with van der Waals surface area (Å²) in [7, 11) is 0. The summed E-state index contributed by atoms with van der Waals surface area (Å²) in [6, 6.07) is 8.46. The van der Waals surface area contributed by atoms with Crippen LogP contribution in [0.5, 0.6) is 0 Å². The molecule has 0 saturated carbocycles. The smallest absolute Gasteiger partial charge is 0.0591 e. The normalized spacial score (nSPS) is 26.9. The number of aryl methyl sites for hydroxylation is 1. The fourth-order valence-electron chi connectivity index (χ4n) is 2.80. The number of para-hydroxylation sites is 1. The molecule has 2 rings (SSSR count). The van der Waals surface area contributed by atoms with Crippen LogP contribution in [-0.2, 0) is 0 Å². The van der Waals surface area contributed by atoms with Gasteiger partial charge in [0, 0.05) is 18.0 Å². The minimum Gasteiger partial charge on any atom is -0.377 e. The highest BCUT2D eigenvalue weighted by Crippen LogP contribution is 2.40. The number of nitrogens with one attached hydrogen (secondary N) is 1. The van der Waals surface area contributed by atoms with E-state index in [1.807, 2.05) is 11.8 Å². The molecule has 1 unspecified atom stereocenters. The number of thioether (sulfide) groups is 1. The van der Waals surface area contributed by atoms with E-state index in [-0.39, 0.29) is 5.54 Å². The first-order valence-corrected chi connectivity index (χ1v) is 7.74. The van der Waals surface area contributed by atoms with Gasteiger partial charge in [-0.05, 0) is 36.1 Å². The van der Waals surface area contributed by atoms with Gasteiger partial charge in [0.25, 0.3) is 0 Å². The summed E-state index contributed by atoms with van der Waals surface area (Å²) in [6.45, 7) is 7.51. The van der Waals surface area contributed by atoms with Crippen LogP contribution in [0.25, 0.3) is 0 Å². The molecule has 100 valence electrons. The van der Waals surface area contributed by atoms with Crippen LogP contribution in [0.3, 0.4) is 0 Å². The average Bonchev–Trinajstić information content (AvgIpc) is 2.31. The molecule has 3 N–H and O–H groups in total. The van der Waals surface area contributed by atoms with Crippen molar-refractivity contribution >= 4 is 17.4 Å². The molecule has 0 aliphatic carbocycles. The van der Waals surface area contributed by atoms with Gasteiger partial charge >= 0.3 is 0 Å². The van der Waals surface area contributed by atoms with Crippen molar-refractivity contribution in [3.8, 4) is 0 Å². The van der Waals surface area contributed by atoms with Gasteiger partial charge in [-0.1, -0.05) is 32.0 Å². The Labute approximate surface area is 115 Å². The zero-order chi connectivity index (χ0) is 13.2. The molecule has 1 aromatic carbocycles. The zero-order valence-corrected chi connectivity index (χ0v) is 12.4. The van der Waals surface area contributed by atoms with Gasteiger partial charge in [0.15, 0.2) is 0 Å². The summed E-state index contributed by atoms with van der Waals surface area (Å²) in [6.07, 6.45) is 1.14. The highest BCUT2D eigenvalue weighted by atomic mass is 32.2. The van der Waals surface area contributed by atoms with E-state index in [9.17, 15) is 0 Å². The van der Waals surface area contributed by atoms with Gasteiger partial charge in [-0.2, -0.15) is 11.8 Å². The largest absolute Gasteiger partial charge is 0.377 e. The van der Waals surface area contributed by atoms with Crippen molar-refractivity contribution in [3.05, 3.63) is 29.8 Å². The van der Waals surface area contributed by atoms with Crippen molar-refractivity contribution in [3.63, 3.8) is 0 Å². The third-order valence-corrected chi connectivity index (χ3v) is 5.37. The van der Waals surface area contributed by atoms with Gasteiger partial charge in [-0.3, -0.25) is 0 Å². The lowest BCUT2D eigenvalue weighted by Crippen LogP contribution is -2.53. The Morgan fingerprint density at radius 3 is 2.61 bits per heavy atom. The average molecular weight is 264 g/mol. The molecule has 0 amide bonds. The lowest BCUT2D eigenvalue weighted by Gasteiger charge is -2.45. The Hall–Kier alpha value is -0.670. The number of hydrogen-bond donors (Lipinski definition) is 2. The summed E-state index contributed by atoms with van der Waals surface area (Å²) >= 11 is 2.02. The lowest BCUT2D eigenvalue weighted by atomic mass is 9.79. The van der Waals surface area contributed by atoms with Crippen molar-refractivity contribution in [2.45, 2.75) is 32.7 Å². The third-order valence-electron chi connectivity index (χ3n) is 3.62. The Bertz CT molecular complexity index is 417. The van der Waals surface area contributed by atoms with E-state index in [1.165, 1.54) is 17.0 Å². The van der Waals surface area contributed by atoms with Crippen LogP contribution >= 0.6 is 11.8 Å². The van der Waals surface area contributed by atoms with E-state index in [4.69, 9.17) is 5.73 Å². The molecule has 1 aliphatic rings. The summed E-state index contributed by atoms with van der Waals surface area (Å²) < 4.78 is 0. The molecule has 1 fully saturated rings. The topological polar surface area (TPSA) is 38.0 Å². The van der Waals surface area contributed by atoms with E-state index < -0.39 is 0 Å². The van der Waals surface area contributed by atoms with Crippen molar-refractivity contribution in [1.82, 2.24) is 0 Å². The van der Waals surface area contributed by atoms with Crippen molar-refractivity contribution < 1.29 is 0 Å². The van der Waals surface area contributed by atoms with Crippen LogP contribution in [0.1, 0.15) is 25.8 Å². The summed E-state index contributed by atoms with van der Waals surface area (Å²) in [5.41, 5.74) is 8.99. The van der Waals surface area contributed by atoms with Gasteiger partial charge in [0.2, 0.25) is 0 Å². The SMILES string of the molecule is Cc1ccccc1NC1(CN)CSCC(C)(C)C1. The van der Waals surface area contributed by atoms with Crippen LogP contribution < -0.4 is 11.1 Å². The molecule has 2 nitrogen and oxygen atoms in total. The minimum atomic E-state index is 0.0402. The Morgan fingerprint density at radius 1 is 1.28 bits per heavy atom. The molecule has 1 aromatic rings. The standard InChI is InChI=1S/C15H24N2S/c1-12-6-4-5-7-13(12)17-15(9-16)8-14(2,3)10-18-11-15/h4-7,17H,8-11,16H2,1-3H3. The van der Waals surface area contributed by atoms with Crippen molar-refractivity contribution in [2.24, 2.45) is 11.1 Å². The van der Waals surface area contributed by atoms with Crippen LogP contribution in [0.4, 0.5) is 5.69 Å². The minimum absolute atomic E-state index is 0.0402. The van der Waals surface area contributed by atoms with Crippen LogP contribution in [0, 0.1) is 12.3 Å². The molecular weight excluding hydrogens is 240 g/mol. The molecule has 1 aliphatic heterocycles. The molecule has 3 heteroatoms. The highest BCUT2D eigenvalue weighted by Gasteiger charge is 2.39. The number of benzene rings is 1. The quantitative estimate of drug-likeness (QED) is 0.880. The Kier molecular flexibility index (Phi) is 3.93. The monoisotopic (exact) mass is 264 g/mol. The van der Waals surface area contributed by atoms with Gasteiger partial charge in [0.1, 0.15) is 0 Å². The van der Waals surface area contributed by atoms with E-state index in [2.05, 4.69) is 50.4 Å². The highest BCUT2D eigenvalue weighted by molar-refractivity contribution is 7.99. The van der Waals surface area contributed by atoms with E-state index in [0.29, 0.717) is 12.0 Å². The molecule has 1 atom stereocenters. The van der Waals surface area contributed by atoms with E-state index in [1.54, 1.807) is 0 Å².